The van der Waals surface area contributed by atoms with Gasteiger partial charge in [0.1, 0.15) is 0 Å². The van der Waals surface area contributed by atoms with Crippen molar-refractivity contribution < 1.29 is 4.21 Å². The fourth-order valence-corrected chi connectivity index (χ4v) is 5.09. The smallest absolute Gasteiger partial charge is 0.0566 e. The third kappa shape index (κ3) is 3.26. The molecule has 0 bridgehead atoms. The van der Waals surface area contributed by atoms with Crippen molar-refractivity contribution in [2.45, 2.75) is 49.7 Å². The number of hydrogen-bond acceptors (Lipinski definition) is 2. The van der Waals surface area contributed by atoms with Gasteiger partial charge in [-0.1, -0.05) is 38.0 Å². The van der Waals surface area contributed by atoms with Gasteiger partial charge in [-0.15, -0.1) is 0 Å². The lowest BCUT2D eigenvalue weighted by Gasteiger charge is -2.35. The minimum absolute atomic E-state index is 0.241. The molecule has 2 nitrogen and oxygen atoms in total. The van der Waals surface area contributed by atoms with Crippen molar-refractivity contribution in [3.63, 3.8) is 0 Å². The van der Waals surface area contributed by atoms with Crippen molar-refractivity contribution in [1.82, 2.24) is 0 Å². The molecule has 0 heterocycles. The minimum atomic E-state index is -0.914. The van der Waals surface area contributed by atoms with Gasteiger partial charge in [-0.3, -0.25) is 4.21 Å². The quantitative estimate of drug-likeness (QED) is 0.919. The fourth-order valence-electron chi connectivity index (χ4n) is 3.12. The minimum Gasteiger partial charge on any atom is -0.330 e. The van der Waals surface area contributed by atoms with Gasteiger partial charge >= 0.3 is 0 Å². The Morgan fingerprint density at radius 1 is 1.32 bits per heavy atom. The summed E-state index contributed by atoms with van der Waals surface area (Å²) in [6.07, 6.45) is 4.65. The Bertz CT molecular complexity index is 446. The molecule has 1 aliphatic carbocycles. The molecule has 0 aliphatic heterocycles. The van der Waals surface area contributed by atoms with Crippen molar-refractivity contribution in [3.8, 4) is 0 Å². The van der Waals surface area contributed by atoms with Gasteiger partial charge < -0.3 is 5.73 Å². The molecule has 106 valence electrons. The van der Waals surface area contributed by atoms with Gasteiger partial charge in [0.05, 0.1) is 10.8 Å². The summed E-state index contributed by atoms with van der Waals surface area (Å²) < 4.78 is 12.9. The van der Waals surface area contributed by atoms with Gasteiger partial charge in [-0.25, -0.2) is 0 Å². The molecule has 0 aromatic heterocycles. The summed E-state index contributed by atoms with van der Waals surface area (Å²) >= 11 is 0. The Kier molecular flexibility index (Phi) is 5.17. The zero-order valence-electron chi connectivity index (χ0n) is 12.0. The van der Waals surface area contributed by atoms with Crippen LogP contribution >= 0.6 is 0 Å². The highest BCUT2D eigenvalue weighted by molar-refractivity contribution is 7.85. The summed E-state index contributed by atoms with van der Waals surface area (Å²) in [7, 11) is -0.914. The van der Waals surface area contributed by atoms with Gasteiger partial charge in [0.25, 0.3) is 0 Å². The summed E-state index contributed by atoms with van der Waals surface area (Å²) in [5, 5.41) is 0.241. The number of nitrogens with two attached hydrogens (primary N) is 1. The first-order valence-electron chi connectivity index (χ1n) is 7.33. The second-order valence-electron chi connectivity index (χ2n) is 5.68. The van der Waals surface area contributed by atoms with Crippen molar-refractivity contribution in [1.29, 1.82) is 0 Å². The van der Waals surface area contributed by atoms with Crippen molar-refractivity contribution in [2.75, 3.05) is 6.54 Å². The van der Waals surface area contributed by atoms with Crippen LogP contribution in [-0.4, -0.2) is 16.0 Å². The Morgan fingerprint density at radius 3 is 2.68 bits per heavy atom. The van der Waals surface area contributed by atoms with Crippen LogP contribution in [-0.2, 0) is 10.8 Å². The van der Waals surface area contributed by atoms with E-state index >= 15 is 0 Å². The van der Waals surface area contributed by atoms with E-state index in [1.165, 1.54) is 12.8 Å². The molecule has 0 radical (unpaired) electrons. The second kappa shape index (κ2) is 6.67. The third-order valence-electron chi connectivity index (χ3n) is 4.50. The van der Waals surface area contributed by atoms with Gasteiger partial charge in [0, 0.05) is 10.1 Å². The molecule has 0 spiro atoms. The van der Waals surface area contributed by atoms with Crippen LogP contribution in [0, 0.1) is 18.8 Å². The van der Waals surface area contributed by atoms with Crippen LogP contribution in [0.4, 0.5) is 0 Å². The van der Waals surface area contributed by atoms with Crippen LogP contribution in [0.15, 0.2) is 29.2 Å². The molecule has 2 rings (SSSR count). The zero-order valence-corrected chi connectivity index (χ0v) is 12.8. The summed E-state index contributed by atoms with van der Waals surface area (Å²) in [5.74, 6) is 1.14. The lowest BCUT2D eigenvalue weighted by atomic mass is 9.80. The molecule has 1 fully saturated rings. The molecule has 0 amide bonds. The van der Waals surface area contributed by atoms with E-state index in [1.54, 1.807) is 0 Å². The molecule has 2 N–H and O–H groups in total. The maximum atomic E-state index is 12.9. The van der Waals surface area contributed by atoms with Crippen LogP contribution < -0.4 is 5.73 Å². The van der Waals surface area contributed by atoms with E-state index in [1.807, 2.05) is 31.2 Å². The average molecular weight is 279 g/mol. The lowest BCUT2D eigenvalue weighted by molar-refractivity contribution is 0.280. The monoisotopic (exact) mass is 279 g/mol. The van der Waals surface area contributed by atoms with E-state index in [4.69, 9.17) is 5.73 Å². The molecular formula is C16H25NOS. The third-order valence-corrected chi connectivity index (χ3v) is 6.52. The van der Waals surface area contributed by atoms with E-state index in [0.29, 0.717) is 12.5 Å². The first-order chi connectivity index (χ1) is 9.17. The molecule has 3 heteroatoms. The molecule has 4 atom stereocenters. The largest absolute Gasteiger partial charge is 0.330 e. The standard InChI is InChI=1S/C16H25NOS/c1-3-13-8-9-14(11-17)16(10-13)19(18)15-7-5-4-6-12(15)2/h4-7,13-14,16H,3,8-11,17H2,1-2H3. The number of aryl methyl sites for hydroxylation is 1. The van der Waals surface area contributed by atoms with Crippen LogP contribution in [0.25, 0.3) is 0 Å². The molecule has 1 aromatic carbocycles. The number of rotatable bonds is 4. The van der Waals surface area contributed by atoms with Gasteiger partial charge in [0.2, 0.25) is 0 Å². The maximum absolute atomic E-state index is 12.9. The maximum Gasteiger partial charge on any atom is 0.0566 e. The molecule has 1 aliphatic rings. The zero-order chi connectivity index (χ0) is 13.8. The summed E-state index contributed by atoms with van der Waals surface area (Å²) in [4.78, 5) is 1.00. The van der Waals surface area contributed by atoms with Gasteiger partial charge in [0.15, 0.2) is 0 Å². The van der Waals surface area contributed by atoms with Crippen molar-refractivity contribution in [2.24, 2.45) is 17.6 Å². The topological polar surface area (TPSA) is 43.1 Å². The predicted molar refractivity (Wildman–Crippen MR) is 81.6 cm³/mol. The van der Waals surface area contributed by atoms with E-state index < -0.39 is 10.8 Å². The van der Waals surface area contributed by atoms with Crippen molar-refractivity contribution in [3.05, 3.63) is 29.8 Å². The van der Waals surface area contributed by atoms with Gasteiger partial charge in [-0.05, 0) is 49.8 Å². The molecule has 0 saturated heterocycles. The van der Waals surface area contributed by atoms with Crippen LogP contribution in [0.3, 0.4) is 0 Å². The first-order valence-corrected chi connectivity index (χ1v) is 8.55. The Labute approximate surface area is 119 Å². The molecular weight excluding hydrogens is 254 g/mol. The van der Waals surface area contributed by atoms with E-state index in [2.05, 4.69) is 6.92 Å². The Balaban J connectivity index is 2.22. The SMILES string of the molecule is CCC1CCC(CN)C(S(=O)c2ccccc2C)C1. The summed E-state index contributed by atoms with van der Waals surface area (Å²) in [6.45, 7) is 4.95. The fraction of sp³-hybridized carbons (Fsp3) is 0.625. The molecule has 1 saturated carbocycles. The first kappa shape index (κ1) is 14.7. The number of hydrogen-bond donors (Lipinski definition) is 1. The molecule has 1 aromatic rings. The highest BCUT2D eigenvalue weighted by Gasteiger charge is 2.33. The molecule has 19 heavy (non-hydrogen) atoms. The average Bonchev–Trinajstić information content (AvgIpc) is 2.46. The lowest BCUT2D eigenvalue weighted by Crippen LogP contribution is -2.37. The van der Waals surface area contributed by atoms with E-state index in [0.717, 1.165) is 29.2 Å². The highest BCUT2D eigenvalue weighted by atomic mass is 32.2. The number of benzene rings is 1. The van der Waals surface area contributed by atoms with Gasteiger partial charge in [-0.2, -0.15) is 0 Å². The van der Waals surface area contributed by atoms with Crippen LogP contribution in [0.5, 0.6) is 0 Å². The van der Waals surface area contributed by atoms with E-state index in [-0.39, 0.29) is 5.25 Å². The van der Waals surface area contributed by atoms with Crippen molar-refractivity contribution >= 4 is 10.8 Å². The Hall–Kier alpha value is -0.670. The predicted octanol–water partition coefficient (Wildman–Crippen LogP) is 3.26. The van der Waals surface area contributed by atoms with E-state index in [9.17, 15) is 4.21 Å². The second-order valence-corrected chi connectivity index (χ2v) is 7.32. The van der Waals surface area contributed by atoms with Crippen LogP contribution in [0.1, 0.15) is 38.2 Å². The van der Waals surface area contributed by atoms with Crippen LogP contribution in [0.2, 0.25) is 0 Å². The summed E-state index contributed by atoms with van der Waals surface area (Å²) in [5.41, 5.74) is 7.03. The normalized spacial score (nSPS) is 29.1. The Morgan fingerprint density at radius 2 is 2.05 bits per heavy atom. The molecule has 4 unspecified atom stereocenters. The summed E-state index contributed by atoms with van der Waals surface area (Å²) in [6, 6.07) is 8.05. The highest BCUT2D eigenvalue weighted by Crippen LogP contribution is 2.35.